The van der Waals surface area contributed by atoms with E-state index in [9.17, 15) is 9.59 Å². The van der Waals surface area contributed by atoms with Crippen LogP contribution in [0.1, 0.15) is 6.92 Å². The number of hydrogen-bond donors (Lipinski definition) is 1. The monoisotopic (exact) mass is 383 g/mol. The van der Waals surface area contributed by atoms with Gasteiger partial charge in [0.2, 0.25) is 0 Å². The number of anilines is 2. The van der Waals surface area contributed by atoms with Gasteiger partial charge in [-0.3, -0.25) is 9.59 Å². The lowest BCUT2D eigenvalue weighted by Crippen LogP contribution is -2.51. The first-order valence-corrected chi connectivity index (χ1v) is 9.33. The van der Waals surface area contributed by atoms with Gasteiger partial charge in [-0.25, -0.2) is 0 Å². The van der Waals surface area contributed by atoms with Crippen LogP contribution >= 0.6 is 0 Å². The molecule has 2 aromatic rings. The Labute approximate surface area is 164 Å². The number of rotatable bonds is 5. The van der Waals surface area contributed by atoms with Crippen LogP contribution in [0.3, 0.4) is 0 Å². The second kappa shape index (κ2) is 9.12. The van der Waals surface area contributed by atoms with Crippen LogP contribution in [0, 0.1) is 0 Å². The molecular weight excluding hydrogens is 358 g/mol. The minimum absolute atomic E-state index is 0.480. The largest absolute Gasteiger partial charge is 0.497 e. The van der Waals surface area contributed by atoms with Gasteiger partial charge < -0.3 is 24.6 Å². The third-order valence-corrected chi connectivity index (χ3v) is 4.63. The van der Waals surface area contributed by atoms with Crippen LogP contribution in [-0.2, 0) is 9.59 Å². The number of nitrogens with one attached hydrogen (secondary N) is 1. The first kappa shape index (κ1) is 19.5. The molecule has 2 aromatic carbocycles. The maximum Gasteiger partial charge on any atom is 0.314 e. The van der Waals surface area contributed by atoms with Crippen LogP contribution in [0.15, 0.2) is 48.5 Å². The predicted octanol–water partition coefficient (Wildman–Crippen LogP) is 2.38. The van der Waals surface area contributed by atoms with Gasteiger partial charge in [-0.1, -0.05) is 12.1 Å². The van der Waals surface area contributed by atoms with E-state index < -0.39 is 11.8 Å². The van der Waals surface area contributed by atoms with Crippen LogP contribution in [0.2, 0.25) is 0 Å². The fraction of sp³-hybridized carbons (Fsp3) is 0.333. The summed E-state index contributed by atoms with van der Waals surface area (Å²) in [7, 11) is 1.64. The maximum atomic E-state index is 12.5. The second-order valence-corrected chi connectivity index (χ2v) is 6.36. The molecule has 2 amide bonds. The first-order chi connectivity index (χ1) is 13.6. The zero-order chi connectivity index (χ0) is 19.9. The van der Waals surface area contributed by atoms with E-state index in [-0.39, 0.29) is 0 Å². The van der Waals surface area contributed by atoms with Gasteiger partial charge in [0.15, 0.2) is 0 Å². The van der Waals surface area contributed by atoms with Gasteiger partial charge >= 0.3 is 11.8 Å². The Hall–Kier alpha value is -3.22. The smallest absolute Gasteiger partial charge is 0.314 e. The number of para-hydroxylation sites is 2. The van der Waals surface area contributed by atoms with Crippen LogP contribution < -0.4 is 19.7 Å². The highest BCUT2D eigenvalue weighted by Gasteiger charge is 2.26. The molecule has 0 bridgehead atoms. The lowest BCUT2D eigenvalue weighted by molar-refractivity contribution is -0.143. The molecule has 0 unspecified atom stereocenters. The minimum atomic E-state index is -0.648. The molecule has 1 N–H and O–H groups in total. The Bertz CT molecular complexity index is 815. The summed E-state index contributed by atoms with van der Waals surface area (Å²) in [5, 5.41) is 2.67. The lowest BCUT2D eigenvalue weighted by atomic mass is 10.2. The standard InChI is InChI=1S/C21H25N3O4/c1-3-28-19-7-5-4-6-18(19)22-20(25)21(26)24-14-12-23(13-15-24)16-8-10-17(27-2)11-9-16/h4-11H,3,12-15H2,1-2H3,(H,22,25). The number of carbonyl (C=O) groups excluding carboxylic acids is 2. The van der Waals surface area contributed by atoms with Gasteiger partial charge in [-0.05, 0) is 43.3 Å². The SMILES string of the molecule is CCOc1ccccc1NC(=O)C(=O)N1CCN(c2ccc(OC)cc2)CC1. The third-order valence-electron chi connectivity index (χ3n) is 4.63. The normalized spacial score (nSPS) is 13.8. The van der Waals surface area contributed by atoms with Gasteiger partial charge in [-0.15, -0.1) is 0 Å². The van der Waals surface area contributed by atoms with Gasteiger partial charge in [0.05, 0.1) is 19.4 Å². The van der Waals surface area contributed by atoms with Gasteiger partial charge in [0.25, 0.3) is 0 Å². The number of nitrogens with zero attached hydrogens (tertiary/aromatic N) is 2. The molecular formula is C21H25N3O4. The summed E-state index contributed by atoms with van der Waals surface area (Å²) in [5.74, 6) is 0.183. The molecule has 7 nitrogen and oxygen atoms in total. The molecule has 1 saturated heterocycles. The van der Waals surface area contributed by atoms with Crippen molar-refractivity contribution in [2.24, 2.45) is 0 Å². The van der Waals surface area contributed by atoms with Crippen molar-refractivity contribution in [1.29, 1.82) is 0 Å². The molecule has 0 radical (unpaired) electrons. The molecule has 3 rings (SSSR count). The molecule has 1 fully saturated rings. The van der Waals surface area contributed by atoms with Crippen LogP contribution in [0.4, 0.5) is 11.4 Å². The number of hydrogen-bond acceptors (Lipinski definition) is 5. The number of methoxy groups -OCH3 is 1. The van der Waals surface area contributed by atoms with Crippen molar-refractivity contribution in [2.75, 3.05) is 50.1 Å². The summed E-state index contributed by atoms with van der Waals surface area (Å²) in [6.45, 7) is 4.67. The first-order valence-electron chi connectivity index (χ1n) is 9.33. The van der Waals surface area contributed by atoms with Gasteiger partial charge in [0, 0.05) is 31.9 Å². The topological polar surface area (TPSA) is 71.1 Å². The summed E-state index contributed by atoms with van der Waals surface area (Å²) in [4.78, 5) is 28.7. The summed E-state index contributed by atoms with van der Waals surface area (Å²) < 4.78 is 10.7. The Kier molecular flexibility index (Phi) is 6.37. The Balaban J connectivity index is 1.56. The number of ether oxygens (including phenoxy) is 2. The summed E-state index contributed by atoms with van der Waals surface area (Å²) >= 11 is 0. The highest BCUT2D eigenvalue weighted by atomic mass is 16.5. The second-order valence-electron chi connectivity index (χ2n) is 6.36. The van der Waals surface area contributed by atoms with Crippen LogP contribution in [0.5, 0.6) is 11.5 Å². The molecule has 1 aliphatic heterocycles. The maximum absolute atomic E-state index is 12.5. The van der Waals surface area contributed by atoms with Crippen molar-refractivity contribution in [2.45, 2.75) is 6.92 Å². The quantitative estimate of drug-likeness (QED) is 0.803. The molecule has 0 aromatic heterocycles. The third kappa shape index (κ3) is 4.54. The average Bonchev–Trinajstić information content (AvgIpc) is 2.75. The van der Waals surface area contributed by atoms with Crippen LogP contribution in [-0.4, -0.2) is 56.6 Å². The van der Waals surface area contributed by atoms with E-state index in [1.54, 1.807) is 30.2 Å². The zero-order valence-corrected chi connectivity index (χ0v) is 16.2. The van der Waals surface area contributed by atoms with Crippen molar-refractivity contribution in [3.05, 3.63) is 48.5 Å². The van der Waals surface area contributed by atoms with E-state index in [2.05, 4.69) is 10.2 Å². The molecule has 1 aliphatic rings. The van der Waals surface area contributed by atoms with Gasteiger partial charge in [0.1, 0.15) is 11.5 Å². The summed E-state index contributed by atoms with van der Waals surface area (Å²) in [5.41, 5.74) is 1.57. The molecule has 0 spiro atoms. The number of piperazine rings is 1. The highest BCUT2D eigenvalue weighted by Crippen LogP contribution is 2.24. The molecule has 0 atom stereocenters. The Morgan fingerprint density at radius 2 is 1.68 bits per heavy atom. The summed E-state index contributed by atoms with van der Waals surface area (Å²) in [6, 6.07) is 14.9. The molecule has 0 aliphatic carbocycles. The van der Waals surface area contributed by atoms with Gasteiger partial charge in [-0.2, -0.15) is 0 Å². The number of benzene rings is 2. The molecule has 28 heavy (non-hydrogen) atoms. The molecule has 7 heteroatoms. The average molecular weight is 383 g/mol. The minimum Gasteiger partial charge on any atom is -0.497 e. The number of amides is 2. The Morgan fingerprint density at radius 1 is 1.00 bits per heavy atom. The van der Waals surface area contributed by atoms with Crippen molar-refractivity contribution < 1.29 is 19.1 Å². The van der Waals surface area contributed by atoms with Crippen molar-refractivity contribution in [3.8, 4) is 11.5 Å². The predicted molar refractivity (Wildman–Crippen MR) is 108 cm³/mol. The van der Waals surface area contributed by atoms with E-state index in [4.69, 9.17) is 9.47 Å². The van der Waals surface area contributed by atoms with E-state index in [1.807, 2.05) is 37.3 Å². The molecule has 148 valence electrons. The van der Waals surface area contributed by atoms with E-state index >= 15 is 0 Å². The molecule has 1 heterocycles. The van der Waals surface area contributed by atoms with E-state index in [0.29, 0.717) is 44.2 Å². The summed E-state index contributed by atoms with van der Waals surface area (Å²) in [6.07, 6.45) is 0. The van der Waals surface area contributed by atoms with Crippen molar-refractivity contribution >= 4 is 23.2 Å². The van der Waals surface area contributed by atoms with Crippen molar-refractivity contribution in [1.82, 2.24) is 4.90 Å². The fourth-order valence-corrected chi connectivity index (χ4v) is 3.13. The number of carbonyl (C=O) groups is 2. The van der Waals surface area contributed by atoms with Crippen LogP contribution in [0.25, 0.3) is 0 Å². The highest BCUT2D eigenvalue weighted by molar-refractivity contribution is 6.39. The molecule has 0 saturated carbocycles. The zero-order valence-electron chi connectivity index (χ0n) is 16.2. The Morgan fingerprint density at radius 3 is 2.32 bits per heavy atom. The lowest BCUT2D eigenvalue weighted by Gasteiger charge is -2.35. The van der Waals surface area contributed by atoms with E-state index in [1.165, 1.54) is 0 Å². The fourth-order valence-electron chi connectivity index (χ4n) is 3.13. The van der Waals surface area contributed by atoms with Crippen molar-refractivity contribution in [3.63, 3.8) is 0 Å². The van der Waals surface area contributed by atoms with E-state index in [0.717, 1.165) is 11.4 Å².